The number of barbiturate groups is 1. The number of carbonyl (C=O) groups excluding carboxylic acids is 3. The van der Waals surface area contributed by atoms with Crippen molar-refractivity contribution in [1.29, 1.82) is 0 Å². The number of alkyl halides is 1. The van der Waals surface area contributed by atoms with E-state index in [0.717, 1.165) is 42.0 Å². The molecule has 0 spiro atoms. The minimum Gasteiger partial charge on any atom is -0.371 e. The van der Waals surface area contributed by atoms with Crippen LogP contribution in [0.2, 0.25) is 0 Å². The van der Waals surface area contributed by atoms with Crippen LogP contribution in [0.15, 0.2) is 54.1 Å². The van der Waals surface area contributed by atoms with E-state index in [9.17, 15) is 14.4 Å². The van der Waals surface area contributed by atoms with Crippen molar-refractivity contribution in [2.75, 3.05) is 23.9 Å². The lowest BCUT2D eigenvalue weighted by atomic mass is 10.0. The molecule has 6 nitrogen and oxygen atoms in total. The molecule has 0 unspecified atom stereocenters. The van der Waals surface area contributed by atoms with E-state index < -0.39 is 17.8 Å². The smallest absolute Gasteiger partial charge is 0.331 e. The maximum atomic E-state index is 12.9. The number of hydrogen-bond acceptors (Lipinski definition) is 4. The summed E-state index contributed by atoms with van der Waals surface area (Å²) in [5, 5.41) is 2.27. The first-order chi connectivity index (χ1) is 14.6. The molecule has 4 amide bonds. The highest BCUT2D eigenvalue weighted by Gasteiger charge is 2.35. The second-order valence-corrected chi connectivity index (χ2v) is 7.74. The standard InChI is InChI=1S/C23H22ClN3O3/c24-10-4-11-26-12-9-18-13-17(7-8-20(18)26)14-19-21(28)25-23(30)27(22(19)29)15-16-5-2-1-3-6-16/h1-3,5-8,13-14H,4,9-12,15H2,(H,25,28,30). The predicted octanol–water partition coefficient (Wildman–Crippen LogP) is 3.34. The summed E-state index contributed by atoms with van der Waals surface area (Å²) in [4.78, 5) is 40.9. The largest absolute Gasteiger partial charge is 0.371 e. The third-order valence-electron chi connectivity index (χ3n) is 5.34. The van der Waals surface area contributed by atoms with Gasteiger partial charge in [0.25, 0.3) is 11.8 Å². The van der Waals surface area contributed by atoms with Crippen molar-refractivity contribution in [2.45, 2.75) is 19.4 Å². The molecule has 2 aliphatic rings. The third kappa shape index (κ3) is 4.09. The number of anilines is 1. The summed E-state index contributed by atoms with van der Waals surface area (Å²) in [5.74, 6) is -0.624. The first-order valence-electron chi connectivity index (χ1n) is 9.93. The number of nitrogens with one attached hydrogen (secondary N) is 1. The van der Waals surface area contributed by atoms with Gasteiger partial charge < -0.3 is 4.90 Å². The van der Waals surface area contributed by atoms with Crippen LogP contribution in [0, 0.1) is 0 Å². The van der Waals surface area contributed by atoms with Crippen LogP contribution in [0.4, 0.5) is 10.5 Å². The third-order valence-corrected chi connectivity index (χ3v) is 5.60. The lowest BCUT2D eigenvalue weighted by Crippen LogP contribution is -2.53. The summed E-state index contributed by atoms with van der Waals surface area (Å²) in [5.41, 5.74) is 3.88. The Morgan fingerprint density at radius 1 is 1.07 bits per heavy atom. The topological polar surface area (TPSA) is 69.7 Å². The molecule has 0 radical (unpaired) electrons. The molecule has 2 aliphatic heterocycles. The lowest BCUT2D eigenvalue weighted by Gasteiger charge is -2.26. The quantitative estimate of drug-likeness (QED) is 0.439. The summed E-state index contributed by atoms with van der Waals surface area (Å²) >= 11 is 5.81. The molecule has 0 bridgehead atoms. The molecule has 2 aromatic carbocycles. The van der Waals surface area contributed by atoms with Crippen molar-refractivity contribution in [3.63, 3.8) is 0 Å². The van der Waals surface area contributed by atoms with Gasteiger partial charge in [0.2, 0.25) is 0 Å². The van der Waals surface area contributed by atoms with Crippen LogP contribution in [0.25, 0.3) is 6.08 Å². The highest BCUT2D eigenvalue weighted by molar-refractivity contribution is 6.31. The fraction of sp³-hybridized carbons (Fsp3) is 0.261. The van der Waals surface area contributed by atoms with Crippen molar-refractivity contribution in [3.8, 4) is 0 Å². The van der Waals surface area contributed by atoms with Gasteiger partial charge in [-0.05, 0) is 47.7 Å². The van der Waals surface area contributed by atoms with Gasteiger partial charge in [-0.15, -0.1) is 11.6 Å². The van der Waals surface area contributed by atoms with Crippen molar-refractivity contribution in [3.05, 3.63) is 70.8 Å². The first kappa shape index (κ1) is 20.2. The van der Waals surface area contributed by atoms with Gasteiger partial charge in [0.05, 0.1) is 6.54 Å². The number of rotatable bonds is 6. The van der Waals surface area contributed by atoms with Crippen LogP contribution in [-0.4, -0.2) is 41.7 Å². The molecule has 1 fully saturated rings. The zero-order valence-corrected chi connectivity index (χ0v) is 17.2. The monoisotopic (exact) mass is 423 g/mol. The Morgan fingerprint density at radius 2 is 1.87 bits per heavy atom. The molecule has 1 N–H and O–H groups in total. The van der Waals surface area contributed by atoms with E-state index in [1.54, 1.807) is 6.08 Å². The fourth-order valence-corrected chi connectivity index (χ4v) is 3.95. The van der Waals surface area contributed by atoms with Gasteiger partial charge in [0.15, 0.2) is 0 Å². The molecule has 154 valence electrons. The van der Waals surface area contributed by atoms with Crippen molar-refractivity contribution < 1.29 is 14.4 Å². The number of halogens is 1. The summed E-state index contributed by atoms with van der Waals surface area (Å²) in [6.45, 7) is 1.95. The molecule has 0 atom stereocenters. The minimum absolute atomic E-state index is 0.0394. The number of benzene rings is 2. The zero-order chi connectivity index (χ0) is 21.1. The molecule has 30 heavy (non-hydrogen) atoms. The van der Waals surface area contributed by atoms with Crippen LogP contribution in [0.1, 0.15) is 23.1 Å². The van der Waals surface area contributed by atoms with Gasteiger partial charge in [0.1, 0.15) is 5.57 Å². The maximum absolute atomic E-state index is 12.9. The second kappa shape index (κ2) is 8.71. The molecule has 0 aliphatic carbocycles. The van der Waals surface area contributed by atoms with Crippen molar-refractivity contribution in [2.24, 2.45) is 0 Å². The van der Waals surface area contributed by atoms with E-state index in [1.807, 2.05) is 48.5 Å². The minimum atomic E-state index is -0.699. The Kier molecular flexibility index (Phi) is 5.86. The van der Waals surface area contributed by atoms with Crippen LogP contribution in [-0.2, 0) is 22.6 Å². The molecule has 0 saturated carbocycles. The van der Waals surface area contributed by atoms with Crippen LogP contribution in [0.5, 0.6) is 0 Å². The first-order valence-corrected chi connectivity index (χ1v) is 10.5. The van der Waals surface area contributed by atoms with Gasteiger partial charge in [-0.25, -0.2) is 4.79 Å². The fourth-order valence-electron chi connectivity index (χ4n) is 3.83. The average Bonchev–Trinajstić information content (AvgIpc) is 3.15. The van der Waals surface area contributed by atoms with Gasteiger partial charge in [-0.1, -0.05) is 36.4 Å². The van der Waals surface area contributed by atoms with E-state index >= 15 is 0 Å². The van der Waals surface area contributed by atoms with E-state index in [2.05, 4.69) is 10.2 Å². The van der Waals surface area contributed by atoms with E-state index in [4.69, 9.17) is 11.6 Å². The van der Waals surface area contributed by atoms with Crippen molar-refractivity contribution >= 4 is 41.2 Å². The second-order valence-electron chi connectivity index (χ2n) is 7.36. The number of imide groups is 2. The zero-order valence-electron chi connectivity index (χ0n) is 16.4. The maximum Gasteiger partial charge on any atom is 0.331 e. The number of urea groups is 1. The van der Waals surface area contributed by atoms with Crippen molar-refractivity contribution in [1.82, 2.24) is 10.2 Å². The Balaban J connectivity index is 1.57. The van der Waals surface area contributed by atoms with Gasteiger partial charge in [0, 0.05) is 24.7 Å². The predicted molar refractivity (Wildman–Crippen MR) is 116 cm³/mol. The molecular formula is C23H22ClN3O3. The Bertz CT molecular complexity index is 1020. The number of amides is 4. The van der Waals surface area contributed by atoms with Gasteiger partial charge in [-0.2, -0.15) is 0 Å². The Labute approximate surface area is 180 Å². The number of fused-ring (bicyclic) bond motifs is 1. The molecule has 2 heterocycles. The van der Waals surface area contributed by atoms with Gasteiger partial charge in [-0.3, -0.25) is 19.8 Å². The Hall–Kier alpha value is -3.12. The highest BCUT2D eigenvalue weighted by Crippen LogP contribution is 2.30. The highest BCUT2D eigenvalue weighted by atomic mass is 35.5. The number of nitrogens with zero attached hydrogens (tertiary/aromatic N) is 2. The molecule has 7 heteroatoms. The Morgan fingerprint density at radius 3 is 2.63 bits per heavy atom. The van der Waals surface area contributed by atoms with Gasteiger partial charge >= 0.3 is 6.03 Å². The summed E-state index contributed by atoms with van der Waals surface area (Å²) in [7, 11) is 0. The van der Waals surface area contributed by atoms with Crippen LogP contribution >= 0.6 is 11.6 Å². The van der Waals surface area contributed by atoms with E-state index in [-0.39, 0.29) is 12.1 Å². The number of hydrogen-bond donors (Lipinski definition) is 1. The number of carbonyl (C=O) groups is 3. The van der Waals surface area contributed by atoms with Crippen LogP contribution in [0.3, 0.4) is 0 Å². The summed E-state index contributed by atoms with van der Waals surface area (Å²) in [6, 6.07) is 14.4. The molecule has 0 aromatic heterocycles. The normalized spacial score (nSPS) is 17.5. The average molecular weight is 424 g/mol. The molecular weight excluding hydrogens is 402 g/mol. The van der Waals surface area contributed by atoms with E-state index in [1.165, 1.54) is 11.3 Å². The molecule has 2 aromatic rings. The molecule has 4 rings (SSSR count). The lowest BCUT2D eigenvalue weighted by molar-refractivity contribution is -0.130. The summed E-state index contributed by atoms with van der Waals surface area (Å²) in [6.07, 6.45) is 3.39. The SMILES string of the molecule is O=C1NC(=O)N(Cc2ccccc2)C(=O)C1=Cc1ccc2c(c1)CCN2CCCCl. The molecule has 1 saturated heterocycles. The summed E-state index contributed by atoms with van der Waals surface area (Å²) < 4.78 is 0. The van der Waals surface area contributed by atoms with Crippen LogP contribution < -0.4 is 10.2 Å². The van der Waals surface area contributed by atoms with E-state index in [0.29, 0.717) is 5.88 Å².